The van der Waals surface area contributed by atoms with Gasteiger partial charge in [0.15, 0.2) is 0 Å². The van der Waals surface area contributed by atoms with Crippen LogP contribution in [0.4, 0.5) is 5.69 Å². The first-order valence-corrected chi connectivity index (χ1v) is 11.5. The molecule has 0 saturated carbocycles. The Bertz CT molecular complexity index is 910. The van der Waals surface area contributed by atoms with Gasteiger partial charge in [-0.15, -0.1) is 0 Å². The summed E-state index contributed by atoms with van der Waals surface area (Å²) in [6, 6.07) is 14.3. The van der Waals surface area contributed by atoms with E-state index in [1.165, 1.54) is 10.4 Å². The van der Waals surface area contributed by atoms with Crippen molar-refractivity contribution in [2.24, 2.45) is 0 Å². The van der Waals surface area contributed by atoms with Crippen molar-refractivity contribution in [2.45, 2.75) is 44.9 Å². The number of hydrogen-bond donors (Lipinski definition) is 1. The molecular weight excluding hydrogens is 388 g/mol. The largest absolute Gasteiger partial charge is 0.492 e. The zero-order valence-electron chi connectivity index (χ0n) is 17.5. The number of benzene rings is 2. The number of hydrogen-bond acceptors (Lipinski definition) is 4. The summed E-state index contributed by atoms with van der Waals surface area (Å²) in [5.41, 5.74) is 1.35. The van der Waals surface area contributed by atoms with Gasteiger partial charge in [-0.2, -0.15) is 4.31 Å². The fourth-order valence-corrected chi connectivity index (χ4v) is 4.87. The number of ether oxygens (including phenoxy) is 1. The molecule has 0 aliphatic rings. The maximum absolute atomic E-state index is 13.1. The lowest BCUT2D eigenvalue weighted by Crippen LogP contribution is -2.31. The first-order chi connectivity index (χ1) is 13.9. The molecule has 7 heteroatoms. The highest BCUT2D eigenvalue weighted by Crippen LogP contribution is 2.31. The van der Waals surface area contributed by atoms with Gasteiger partial charge in [-0.05, 0) is 37.1 Å². The van der Waals surface area contributed by atoms with Gasteiger partial charge in [-0.1, -0.05) is 51.1 Å². The first-order valence-electron chi connectivity index (χ1n) is 10.0. The predicted octanol–water partition coefficient (Wildman–Crippen LogP) is 4.25. The molecule has 1 atom stereocenters. The van der Waals surface area contributed by atoms with E-state index >= 15 is 0 Å². The summed E-state index contributed by atoms with van der Waals surface area (Å²) in [6.45, 7) is 8.39. The van der Waals surface area contributed by atoms with Crippen molar-refractivity contribution in [3.05, 3.63) is 54.1 Å². The Morgan fingerprint density at radius 1 is 1.03 bits per heavy atom. The zero-order chi connectivity index (χ0) is 21.4. The van der Waals surface area contributed by atoms with Crippen LogP contribution < -0.4 is 10.1 Å². The van der Waals surface area contributed by atoms with Gasteiger partial charge in [-0.3, -0.25) is 4.79 Å². The second-order valence-electron chi connectivity index (χ2n) is 6.54. The van der Waals surface area contributed by atoms with Crippen LogP contribution in [0.1, 0.15) is 45.6 Å². The smallest absolute Gasteiger partial charge is 0.246 e. The van der Waals surface area contributed by atoms with Crippen molar-refractivity contribution in [3.63, 3.8) is 0 Å². The van der Waals surface area contributed by atoms with E-state index in [1.807, 2.05) is 37.3 Å². The summed E-state index contributed by atoms with van der Waals surface area (Å²) in [7, 11) is -3.73. The minimum Gasteiger partial charge on any atom is -0.492 e. The van der Waals surface area contributed by atoms with E-state index in [1.54, 1.807) is 32.9 Å². The summed E-state index contributed by atoms with van der Waals surface area (Å²) in [6.07, 6.45) is 0.636. The third kappa shape index (κ3) is 5.36. The Balaban J connectivity index is 2.38. The Kier molecular flexibility index (Phi) is 8.22. The number of carbonyl (C=O) groups excluding carboxylic acids is 1. The minimum absolute atomic E-state index is 0.0635. The molecule has 29 heavy (non-hydrogen) atoms. The standard InChI is InChI=1S/C22H30N2O4S/c1-5-19(17-12-10-9-11-13-17)22(25)23-18-14-15-20(28-8-4)21(16-18)29(26,27)24(6-2)7-3/h9-16,19H,5-8H2,1-4H3,(H,23,25). The van der Waals surface area contributed by atoms with Gasteiger partial charge in [-0.25, -0.2) is 8.42 Å². The topological polar surface area (TPSA) is 75.7 Å². The maximum atomic E-state index is 13.1. The van der Waals surface area contributed by atoms with E-state index in [9.17, 15) is 13.2 Å². The third-order valence-electron chi connectivity index (χ3n) is 4.76. The summed E-state index contributed by atoms with van der Waals surface area (Å²) in [5.74, 6) is -0.202. The van der Waals surface area contributed by atoms with Crippen LogP contribution in [0, 0.1) is 0 Å². The van der Waals surface area contributed by atoms with Crippen molar-refractivity contribution in [3.8, 4) is 5.75 Å². The highest BCUT2D eigenvalue weighted by atomic mass is 32.2. The Hall–Kier alpha value is -2.38. The molecule has 0 spiro atoms. The second-order valence-corrected chi connectivity index (χ2v) is 8.45. The highest BCUT2D eigenvalue weighted by Gasteiger charge is 2.27. The minimum atomic E-state index is -3.73. The molecule has 0 aliphatic carbocycles. The number of anilines is 1. The monoisotopic (exact) mass is 418 g/mol. The summed E-state index contributed by atoms with van der Waals surface area (Å²) in [4.78, 5) is 12.9. The quantitative estimate of drug-likeness (QED) is 0.626. The van der Waals surface area contributed by atoms with Crippen LogP contribution in [0.5, 0.6) is 5.75 Å². The molecule has 1 amide bonds. The molecule has 0 aromatic heterocycles. The number of nitrogens with one attached hydrogen (secondary N) is 1. The van der Waals surface area contributed by atoms with E-state index in [-0.39, 0.29) is 22.5 Å². The molecule has 2 aromatic carbocycles. The average molecular weight is 419 g/mol. The Labute approximate surface area is 173 Å². The number of carbonyl (C=O) groups is 1. The Morgan fingerprint density at radius 3 is 2.24 bits per heavy atom. The lowest BCUT2D eigenvalue weighted by atomic mass is 9.95. The maximum Gasteiger partial charge on any atom is 0.246 e. The Morgan fingerprint density at radius 2 is 1.69 bits per heavy atom. The fraction of sp³-hybridized carbons (Fsp3) is 0.409. The van der Waals surface area contributed by atoms with Gasteiger partial charge in [0.1, 0.15) is 10.6 Å². The van der Waals surface area contributed by atoms with Gasteiger partial charge in [0, 0.05) is 18.8 Å². The molecule has 6 nitrogen and oxygen atoms in total. The van der Waals surface area contributed by atoms with E-state index in [4.69, 9.17) is 4.74 Å². The van der Waals surface area contributed by atoms with Crippen molar-refractivity contribution < 1.29 is 17.9 Å². The lowest BCUT2D eigenvalue weighted by molar-refractivity contribution is -0.117. The molecule has 0 aliphatic heterocycles. The van der Waals surface area contributed by atoms with Gasteiger partial charge < -0.3 is 10.1 Å². The van der Waals surface area contributed by atoms with Gasteiger partial charge in [0.05, 0.1) is 12.5 Å². The molecule has 0 fully saturated rings. The first kappa shape index (κ1) is 22.9. The number of sulfonamides is 1. The van der Waals surface area contributed by atoms with Gasteiger partial charge in [0.25, 0.3) is 0 Å². The molecule has 1 N–H and O–H groups in total. The van der Waals surface area contributed by atoms with Crippen LogP contribution in [-0.2, 0) is 14.8 Å². The molecule has 2 rings (SSSR count). The molecule has 158 valence electrons. The second kappa shape index (κ2) is 10.4. The van der Waals surface area contributed by atoms with Crippen molar-refractivity contribution in [2.75, 3.05) is 25.0 Å². The zero-order valence-corrected chi connectivity index (χ0v) is 18.3. The lowest BCUT2D eigenvalue weighted by Gasteiger charge is -2.21. The summed E-state index contributed by atoms with van der Waals surface area (Å²) >= 11 is 0. The molecule has 0 bridgehead atoms. The SMILES string of the molecule is CCOc1ccc(NC(=O)C(CC)c2ccccc2)cc1S(=O)(=O)N(CC)CC. The van der Waals surface area contributed by atoms with Crippen LogP contribution in [0.3, 0.4) is 0 Å². The van der Waals surface area contributed by atoms with Crippen LogP contribution in [-0.4, -0.2) is 38.3 Å². The van der Waals surface area contributed by atoms with Crippen LogP contribution in [0.25, 0.3) is 0 Å². The third-order valence-corrected chi connectivity index (χ3v) is 6.83. The van der Waals surface area contributed by atoms with Crippen LogP contribution in [0.2, 0.25) is 0 Å². The van der Waals surface area contributed by atoms with E-state index < -0.39 is 10.0 Å². The van der Waals surface area contributed by atoms with Crippen molar-refractivity contribution in [1.82, 2.24) is 4.31 Å². The highest BCUT2D eigenvalue weighted by molar-refractivity contribution is 7.89. The van der Waals surface area contributed by atoms with Crippen LogP contribution in [0.15, 0.2) is 53.4 Å². The number of nitrogens with zero attached hydrogens (tertiary/aromatic N) is 1. The molecule has 1 unspecified atom stereocenters. The van der Waals surface area contributed by atoms with Crippen molar-refractivity contribution in [1.29, 1.82) is 0 Å². The average Bonchev–Trinajstić information content (AvgIpc) is 2.71. The van der Waals surface area contributed by atoms with E-state index in [0.29, 0.717) is 31.8 Å². The number of amides is 1. The van der Waals surface area contributed by atoms with Crippen molar-refractivity contribution >= 4 is 21.6 Å². The normalized spacial score (nSPS) is 12.6. The predicted molar refractivity (Wildman–Crippen MR) is 116 cm³/mol. The van der Waals surface area contributed by atoms with Crippen LogP contribution >= 0.6 is 0 Å². The molecule has 0 radical (unpaired) electrons. The fourth-order valence-electron chi connectivity index (χ4n) is 3.25. The van der Waals surface area contributed by atoms with E-state index in [2.05, 4.69) is 5.32 Å². The molecule has 2 aromatic rings. The van der Waals surface area contributed by atoms with Gasteiger partial charge in [0.2, 0.25) is 15.9 Å². The van der Waals surface area contributed by atoms with Gasteiger partial charge >= 0.3 is 0 Å². The molecule has 0 heterocycles. The summed E-state index contributed by atoms with van der Waals surface area (Å²) in [5, 5.41) is 2.87. The molecule has 0 saturated heterocycles. The number of rotatable bonds is 10. The molecular formula is C22H30N2O4S. The summed E-state index contributed by atoms with van der Waals surface area (Å²) < 4.78 is 33.1. The van der Waals surface area contributed by atoms with E-state index in [0.717, 1.165) is 5.56 Å².